The summed E-state index contributed by atoms with van der Waals surface area (Å²) in [5, 5.41) is 8.87. The molecule has 0 aliphatic heterocycles. The summed E-state index contributed by atoms with van der Waals surface area (Å²) < 4.78 is 85.4. The number of hydrogen-bond donors (Lipinski definition) is 3. The molecule has 52 heavy (non-hydrogen) atoms. The summed E-state index contributed by atoms with van der Waals surface area (Å²) in [4.78, 5) is 45.9. The maximum absolute atomic E-state index is 12.6. The van der Waals surface area contributed by atoms with Crippen LogP contribution in [0.5, 0.6) is 0 Å². The number of ether oxygens (including phenoxy) is 2. The third kappa shape index (κ3) is 37.5. The summed E-state index contributed by atoms with van der Waals surface area (Å²) in [7, 11) is -4.76. The van der Waals surface area contributed by atoms with E-state index in [2.05, 4.69) is 23.6 Å². The number of carboxylic acids is 1. The van der Waals surface area contributed by atoms with Crippen LogP contribution in [0.25, 0.3) is 0 Å². The van der Waals surface area contributed by atoms with Crippen molar-refractivity contribution < 1.29 is 57.1 Å². The second kappa shape index (κ2) is 38.5. The van der Waals surface area contributed by atoms with E-state index in [9.17, 15) is 23.8 Å². The minimum absolute atomic E-state index is 0. The summed E-state index contributed by atoms with van der Waals surface area (Å²) in [6, 6.07) is -1.55. The number of allylic oxidation sites excluding steroid dienone is 2. The van der Waals surface area contributed by atoms with Gasteiger partial charge in [0.2, 0.25) is 0 Å². The molecule has 0 bridgehead atoms. The minimum Gasteiger partial charge on any atom is -0.480 e. The SMILES string of the molecule is [2H]C([2H])([2H])C([2H])([2H])C([2H])([2H])CCCCC/C=C/CCCCCCCC(=O)O[C@H](COC(=O)CCCCCCCCCCCCCC)COP(=O)(O)OC[C@H](N)C(=O)O.[Na]. The first kappa shape index (κ1) is 40.9. The van der Waals surface area contributed by atoms with Gasteiger partial charge in [-0.3, -0.25) is 23.4 Å². The zero-order chi connectivity index (χ0) is 43.9. The topological polar surface area (TPSA) is 172 Å². The molecule has 13 heteroatoms. The van der Waals surface area contributed by atoms with E-state index >= 15 is 0 Å². The fourth-order valence-corrected chi connectivity index (χ4v) is 5.98. The molecule has 0 aromatic carbocycles. The number of phosphoric acid groups is 1. The number of phosphoric ester groups is 1. The predicted octanol–water partition coefficient (Wildman–Crippen LogP) is 9.73. The number of esters is 2. The van der Waals surface area contributed by atoms with Crippen molar-refractivity contribution in [2.24, 2.45) is 5.73 Å². The van der Waals surface area contributed by atoms with E-state index in [1.54, 1.807) is 0 Å². The first-order valence-corrected chi connectivity index (χ1v) is 20.9. The van der Waals surface area contributed by atoms with Crippen molar-refractivity contribution in [2.45, 2.75) is 199 Å². The first-order chi connectivity index (χ1) is 27.3. The Morgan fingerprint density at radius 3 is 1.69 bits per heavy atom. The number of nitrogens with two attached hydrogens (primary N) is 1. The molecule has 0 aliphatic carbocycles. The van der Waals surface area contributed by atoms with Gasteiger partial charge in [-0.15, -0.1) is 0 Å². The van der Waals surface area contributed by atoms with Crippen LogP contribution >= 0.6 is 7.82 Å². The van der Waals surface area contributed by atoms with Gasteiger partial charge in [0.15, 0.2) is 6.10 Å². The largest absolute Gasteiger partial charge is 0.480 e. The molecule has 0 spiro atoms. The monoisotopic (exact) mass is 778 g/mol. The maximum Gasteiger partial charge on any atom is 0.472 e. The molecule has 1 radical (unpaired) electrons. The Morgan fingerprint density at radius 1 is 0.712 bits per heavy atom. The zero-order valence-corrected chi connectivity index (χ0v) is 35.2. The van der Waals surface area contributed by atoms with Crippen LogP contribution in [-0.4, -0.2) is 89.4 Å². The van der Waals surface area contributed by atoms with Crippen molar-refractivity contribution >= 4 is 55.3 Å². The smallest absolute Gasteiger partial charge is 0.472 e. The molecule has 0 aromatic rings. The van der Waals surface area contributed by atoms with Gasteiger partial charge in [-0.2, -0.15) is 0 Å². The Labute approximate surface area is 348 Å². The fourth-order valence-electron chi connectivity index (χ4n) is 5.20. The van der Waals surface area contributed by atoms with Crippen LogP contribution in [0, 0.1) is 0 Å². The summed E-state index contributed by atoms with van der Waals surface area (Å²) in [5.41, 5.74) is 5.31. The first-order valence-electron chi connectivity index (χ1n) is 22.9. The van der Waals surface area contributed by atoms with Crippen LogP contribution in [0.3, 0.4) is 0 Å². The molecule has 11 nitrogen and oxygen atoms in total. The second-order valence-electron chi connectivity index (χ2n) is 13.1. The van der Waals surface area contributed by atoms with Crippen LogP contribution in [0.1, 0.15) is 197 Å². The average molecular weight is 778 g/mol. The van der Waals surface area contributed by atoms with Crippen LogP contribution in [0.4, 0.5) is 0 Å². The van der Waals surface area contributed by atoms with E-state index in [1.807, 2.05) is 0 Å². The average Bonchev–Trinajstić information content (AvgIpc) is 3.14. The van der Waals surface area contributed by atoms with E-state index in [0.29, 0.717) is 25.7 Å². The van der Waals surface area contributed by atoms with E-state index in [1.165, 1.54) is 51.4 Å². The van der Waals surface area contributed by atoms with Crippen LogP contribution in [0.15, 0.2) is 12.2 Å². The number of unbranched alkanes of at least 4 members (excludes halogenated alkanes) is 19. The maximum atomic E-state index is 12.6. The Kier molecular flexibility index (Phi) is 30.3. The number of rotatable bonds is 38. The molecular weight excluding hydrogens is 696 g/mol. The van der Waals surface area contributed by atoms with Gasteiger partial charge in [-0.05, 0) is 38.5 Å². The molecule has 301 valence electrons. The van der Waals surface area contributed by atoms with Crippen LogP contribution < -0.4 is 5.73 Å². The molecule has 0 aliphatic rings. The van der Waals surface area contributed by atoms with E-state index in [-0.39, 0.29) is 48.8 Å². The fraction of sp³-hybridized carbons (Fsp3) is 0.872. The number of aliphatic carboxylic acids is 1. The Morgan fingerprint density at radius 2 is 1.17 bits per heavy atom. The van der Waals surface area contributed by atoms with Crippen LogP contribution in [-0.2, 0) is 37.5 Å². The summed E-state index contributed by atoms with van der Waals surface area (Å²) in [5.74, 6) is -2.52. The number of carbonyl (C=O) groups excluding carboxylic acids is 2. The molecule has 3 atom stereocenters. The molecule has 0 amide bonds. The van der Waals surface area contributed by atoms with Crippen molar-refractivity contribution in [1.29, 1.82) is 0 Å². The van der Waals surface area contributed by atoms with Gasteiger partial charge < -0.3 is 25.2 Å². The number of carboxylic acid groups (broad SMARTS) is 1. The number of hydrogen-bond acceptors (Lipinski definition) is 9. The molecule has 1 unspecified atom stereocenters. The van der Waals surface area contributed by atoms with Gasteiger partial charge in [-0.1, -0.05) is 148 Å². The predicted molar refractivity (Wildman–Crippen MR) is 209 cm³/mol. The molecule has 0 saturated carbocycles. The van der Waals surface area contributed by atoms with Gasteiger partial charge in [-0.25, -0.2) is 4.57 Å². The van der Waals surface area contributed by atoms with Crippen LogP contribution in [0.2, 0.25) is 0 Å². The van der Waals surface area contributed by atoms with Crippen molar-refractivity contribution in [3.63, 3.8) is 0 Å². The number of carbonyl (C=O) groups is 3. The third-order valence-electron chi connectivity index (χ3n) is 8.30. The van der Waals surface area contributed by atoms with Crippen molar-refractivity contribution in [2.75, 3.05) is 19.8 Å². The third-order valence-corrected chi connectivity index (χ3v) is 9.25. The summed E-state index contributed by atoms with van der Waals surface area (Å²) in [6.07, 6.45) is 19.2. The molecule has 0 fully saturated rings. The van der Waals surface area contributed by atoms with E-state index in [4.69, 9.17) is 34.4 Å². The van der Waals surface area contributed by atoms with Gasteiger partial charge in [0, 0.05) is 52.0 Å². The Hall–Kier alpha value is -0.780. The summed E-state index contributed by atoms with van der Waals surface area (Å²) >= 11 is 0. The Balaban J connectivity index is 0. The van der Waals surface area contributed by atoms with Crippen molar-refractivity contribution in [3.8, 4) is 0 Å². The van der Waals surface area contributed by atoms with Crippen molar-refractivity contribution in [3.05, 3.63) is 12.2 Å². The molecule has 0 rings (SSSR count). The standard InChI is InChI=1S/C39H74NO10P.Na/c1-3-5-7-9-11-13-15-17-18-19-21-23-25-27-29-31-38(42)50-35(33-48-51(45,46)49-34-36(40)39(43)44)32-47-37(41)30-28-26-24-22-20-16-14-12-10-8-6-4-2;/h17-18,35-36H,3-16,19-34,40H2,1-2H3,(H,43,44)(H,45,46);/b18-17+;/t35-,36+;/m1./s1/i1D3,3D2,5D2;. The molecule has 4 N–H and O–H groups in total. The van der Waals surface area contributed by atoms with Gasteiger partial charge in [0.1, 0.15) is 12.6 Å². The Bertz CT molecular complexity index is 1200. The zero-order valence-electron chi connectivity index (χ0n) is 39.3. The minimum atomic E-state index is -4.76. The van der Waals surface area contributed by atoms with E-state index in [0.717, 1.165) is 64.2 Å². The van der Waals surface area contributed by atoms with Crippen molar-refractivity contribution in [1.82, 2.24) is 0 Å². The normalized spacial score (nSPS) is 16.5. The molecule has 0 saturated heterocycles. The summed E-state index contributed by atoms with van der Waals surface area (Å²) in [6.45, 7) is -2.63. The molecule has 0 heterocycles. The van der Waals surface area contributed by atoms with E-state index < -0.39 is 77.3 Å². The van der Waals surface area contributed by atoms with Gasteiger partial charge >= 0.3 is 25.7 Å². The quantitative estimate of drug-likeness (QED) is 0.0179. The second-order valence-corrected chi connectivity index (χ2v) is 14.6. The molecule has 0 aromatic heterocycles. The molecular formula is C39H74NNaO10P. The van der Waals surface area contributed by atoms with Gasteiger partial charge in [0.25, 0.3) is 0 Å². The van der Waals surface area contributed by atoms with Gasteiger partial charge in [0.05, 0.1) is 13.2 Å².